The average Bonchev–Trinajstić information content (AvgIpc) is 2.46. The van der Waals surface area contributed by atoms with E-state index in [0.29, 0.717) is 13.0 Å². The van der Waals surface area contributed by atoms with Gasteiger partial charge < -0.3 is 14.9 Å². The Hall–Kier alpha value is -0.610. The fourth-order valence-electron chi connectivity index (χ4n) is 1.81. The van der Waals surface area contributed by atoms with Crippen molar-refractivity contribution in [1.82, 2.24) is 0 Å². The molecule has 0 radical (unpaired) electrons. The maximum absolute atomic E-state index is 11.0. The Morgan fingerprint density at radius 1 is 0.800 bits per heavy atom. The Morgan fingerprint density at radius 3 is 1.65 bits per heavy atom. The van der Waals surface area contributed by atoms with Gasteiger partial charge in [0, 0.05) is 6.42 Å². The van der Waals surface area contributed by atoms with Gasteiger partial charge in [0.15, 0.2) is 0 Å². The van der Waals surface area contributed by atoms with Gasteiger partial charge in [0.25, 0.3) is 0 Å². The van der Waals surface area contributed by atoms with Crippen molar-refractivity contribution < 1.29 is 19.7 Å². The van der Waals surface area contributed by atoms with E-state index >= 15 is 0 Å². The van der Waals surface area contributed by atoms with Crippen LogP contribution in [0.25, 0.3) is 0 Å². The number of hydrogen-bond donors (Lipinski definition) is 2. The van der Waals surface area contributed by atoms with Crippen molar-refractivity contribution in [3.63, 3.8) is 0 Å². The van der Waals surface area contributed by atoms with Crippen molar-refractivity contribution in [2.75, 3.05) is 19.8 Å². The maximum atomic E-state index is 11.0. The molecule has 0 aliphatic carbocycles. The summed E-state index contributed by atoms with van der Waals surface area (Å²) in [6.07, 6.45) is 12.2. The van der Waals surface area contributed by atoms with Gasteiger partial charge in [0.05, 0.1) is 19.8 Å². The van der Waals surface area contributed by atoms with E-state index in [0.717, 1.165) is 6.42 Å². The number of rotatable bonds is 12. The molecular formula is C16H34O4. The number of aliphatic hydroxyl groups excluding tert-OH is 2. The van der Waals surface area contributed by atoms with Crippen LogP contribution in [-0.2, 0) is 9.53 Å². The lowest BCUT2D eigenvalue weighted by Gasteiger charge is -2.02. The second-order valence-corrected chi connectivity index (χ2v) is 4.83. The molecule has 0 fully saturated rings. The lowest BCUT2D eigenvalue weighted by molar-refractivity contribution is -0.143. The number of hydrogen-bond acceptors (Lipinski definition) is 4. The molecule has 20 heavy (non-hydrogen) atoms. The Balaban J connectivity index is 0. The molecule has 0 aromatic heterocycles. The highest BCUT2D eigenvalue weighted by atomic mass is 16.5. The smallest absolute Gasteiger partial charge is 0.305 e. The van der Waals surface area contributed by atoms with E-state index in [1.165, 1.54) is 51.4 Å². The average molecular weight is 290 g/mol. The first-order valence-electron chi connectivity index (χ1n) is 8.10. The Morgan fingerprint density at radius 2 is 1.25 bits per heavy atom. The van der Waals surface area contributed by atoms with Gasteiger partial charge in [-0.05, 0) is 13.3 Å². The molecule has 2 N–H and O–H groups in total. The van der Waals surface area contributed by atoms with Crippen molar-refractivity contribution in [3.05, 3.63) is 0 Å². The molecule has 0 rings (SSSR count). The number of carbonyl (C=O) groups excluding carboxylic acids is 1. The van der Waals surface area contributed by atoms with Crippen LogP contribution in [0.2, 0.25) is 0 Å². The van der Waals surface area contributed by atoms with Crippen LogP contribution >= 0.6 is 0 Å². The quantitative estimate of drug-likeness (QED) is 0.427. The first kappa shape index (κ1) is 21.7. The lowest BCUT2D eigenvalue weighted by Crippen LogP contribution is -2.03. The summed E-state index contributed by atoms with van der Waals surface area (Å²) in [6, 6.07) is 0. The molecule has 122 valence electrons. The third-order valence-corrected chi connectivity index (χ3v) is 2.89. The molecule has 0 aromatic rings. The largest absolute Gasteiger partial charge is 0.466 e. The summed E-state index contributed by atoms with van der Waals surface area (Å²) in [5, 5.41) is 15.2. The van der Waals surface area contributed by atoms with Crippen molar-refractivity contribution >= 4 is 5.97 Å². The topological polar surface area (TPSA) is 66.8 Å². The van der Waals surface area contributed by atoms with Crippen molar-refractivity contribution in [1.29, 1.82) is 0 Å². The molecule has 0 aliphatic rings. The summed E-state index contributed by atoms with van der Waals surface area (Å²) in [5.74, 6) is -0.0366. The van der Waals surface area contributed by atoms with Crippen LogP contribution in [0, 0.1) is 0 Å². The lowest BCUT2D eigenvalue weighted by atomic mass is 10.1. The first-order chi connectivity index (χ1) is 9.72. The Bertz CT molecular complexity index is 181. The summed E-state index contributed by atoms with van der Waals surface area (Å²) >= 11 is 0. The predicted molar refractivity (Wildman–Crippen MR) is 82.6 cm³/mol. The van der Waals surface area contributed by atoms with Crippen LogP contribution in [0.5, 0.6) is 0 Å². The van der Waals surface area contributed by atoms with E-state index in [1.54, 1.807) is 0 Å². The fraction of sp³-hybridized carbons (Fsp3) is 0.938. The van der Waals surface area contributed by atoms with Crippen LogP contribution < -0.4 is 0 Å². The molecule has 0 saturated carbocycles. The third-order valence-electron chi connectivity index (χ3n) is 2.89. The van der Waals surface area contributed by atoms with Crippen molar-refractivity contribution in [3.8, 4) is 0 Å². The van der Waals surface area contributed by atoms with Gasteiger partial charge in [-0.2, -0.15) is 0 Å². The van der Waals surface area contributed by atoms with Gasteiger partial charge >= 0.3 is 5.97 Å². The highest BCUT2D eigenvalue weighted by molar-refractivity contribution is 5.69. The van der Waals surface area contributed by atoms with Crippen molar-refractivity contribution in [2.24, 2.45) is 0 Å². The van der Waals surface area contributed by atoms with Crippen LogP contribution in [0.4, 0.5) is 0 Å². The second-order valence-electron chi connectivity index (χ2n) is 4.83. The van der Waals surface area contributed by atoms with Crippen LogP contribution in [-0.4, -0.2) is 36.0 Å². The van der Waals surface area contributed by atoms with Gasteiger partial charge in [-0.3, -0.25) is 4.79 Å². The highest BCUT2D eigenvalue weighted by Gasteiger charge is 2.00. The summed E-state index contributed by atoms with van der Waals surface area (Å²) in [7, 11) is 0. The highest BCUT2D eigenvalue weighted by Crippen LogP contribution is 2.10. The van der Waals surface area contributed by atoms with E-state index in [-0.39, 0.29) is 19.2 Å². The SMILES string of the molecule is CCCCCCCCCCCC(=O)OCC.OCCO. The summed E-state index contributed by atoms with van der Waals surface area (Å²) in [6.45, 7) is 4.36. The van der Waals surface area contributed by atoms with Crippen LogP contribution in [0.1, 0.15) is 78.1 Å². The molecule has 0 aliphatic heterocycles. The predicted octanol–water partition coefficient (Wildman–Crippen LogP) is 3.44. The number of unbranched alkanes of at least 4 members (excludes halogenated alkanes) is 8. The number of ether oxygens (including phenoxy) is 1. The minimum absolute atomic E-state index is 0.0366. The second kappa shape index (κ2) is 20.7. The summed E-state index contributed by atoms with van der Waals surface area (Å²) < 4.78 is 4.87. The third kappa shape index (κ3) is 22.6. The van der Waals surface area contributed by atoms with E-state index in [1.807, 2.05) is 6.92 Å². The molecule has 0 bridgehead atoms. The van der Waals surface area contributed by atoms with Crippen LogP contribution in [0.15, 0.2) is 0 Å². The van der Waals surface area contributed by atoms with Gasteiger partial charge in [-0.1, -0.05) is 58.3 Å². The van der Waals surface area contributed by atoms with Crippen LogP contribution in [0.3, 0.4) is 0 Å². The van der Waals surface area contributed by atoms with E-state index < -0.39 is 0 Å². The van der Waals surface area contributed by atoms with Gasteiger partial charge in [-0.15, -0.1) is 0 Å². The Labute approximate surface area is 124 Å². The maximum Gasteiger partial charge on any atom is 0.305 e. The number of aliphatic hydroxyl groups is 2. The van der Waals surface area contributed by atoms with E-state index in [4.69, 9.17) is 14.9 Å². The molecule has 0 spiro atoms. The summed E-state index contributed by atoms with van der Waals surface area (Å²) in [5.41, 5.74) is 0. The van der Waals surface area contributed by atoms with Gasteiger partial charge in [0.1, 0.15) is 0 Å². The number of carbonyl (C=O) groups is 1. The molecule has 4 heteroatoms. The normalized spacial score (nSPS) is 9.80. The standard InChI is InChI=1S/C14H28O2.C2H6O2/c1-3-5-6-7-8-9-10-11-12-13-14(15)16-4-2;3-1-2-4/h3-13H2,1-2H3;3-4H,1-2H2. The summed E-state index contributed by atoms with van der Waals surface area (Å²) in [4.78, 5) is 11.0. The molecule has 0 atom stereocenters. The van der Waals surface area contributed by atoms with Gasteiger partial charge in [0.2, 0.25) is 0 Å². The molecule has 0 saturated heterocycles. The van der Waals surface area contributed by atoms with E-state index in [2.05, 4.69) is 6.92 Å². The minimum atomic E-state index is -0.125. The zero-order chi connectivity index (χ0) is 15.5. The molecule has 0 aromatic carbocycles. The molecule has 0 unspecified atom stereocenters. The monoisotopic (exact) mass is 290 g/mol. The minimum Gasteiger partial charge on any atom is -0.466 e. The number of esters is 1. The zero-order valence-electron chi connectivity index (χ0n) is 13.4. The molecule has 4 nitrogen and oxygen atoms in total. The van der Waals surface area contributed by atoms with Crippen molar-refractivity contribution in [2.45, 2.75) is 78.1 Å². The molecule has 0 heterocycles. The fourth-order valence-corrected chi connectivity index (χ4v) is 1.81. The van der Waals surface area contributed by atoms with E-state index in [9.17, 15) is 4.79 Å². The molecule has 0 amide bonds. The zero-order valence-corrected chi connectivity index (χ0v) is 13.4. The molecular weight excluding hydrogens is 256 g/mol. The first-order valence-corrected chi connectivity index (χ1v) is 8.10. The van der Waals surface area contributed by atoms with Gasteiger partial charge in [-0.25, -0.2) is 0 Å². The Kier molecular flexibility index (Phi) is 22.4.